The van der Waals surface area contributed by atoms with Crippen molar-refractivity contribution >= 4 is 22.8 Å². The van der Waals surface area contributed by atoms with E-state index in [0.717, 1.165) is 29.8 Å². The van der Waals surface area contributed by atoms with Crippen molar-refractivity contribution in [3.8, 4) is 0 Å². The predicted molar refractivity (Wildman–Crippen MR) is 83.2 cm³/mol. The summed E-state index contributed by atoms with van der Waals surface area (Å²) in [6.07, 6.45) is 2.83. The van der Waals surface area contributed by atoms with Gasteiger partial charge in [0.15, 0.2) is 5.65 Å². The van der Waals surface area contributed by atoms with E-state index in [4.69, 9.17) is 0 Å². The molecule has 20 heavy (non-hydrogen) atoms. The standard InChI is InChI=1S/C14H24N6/c1-6-7-15-14-17-12-11(8-16-19-12)13(18-14)20(5)10(4)9(2)3/h8-10H,6-7H2,1-5H3,(H2,15,16,17,18,19). The molecule has 0 amide bonds. The Morgan fingerprint density at radius 3 is 2.70 bits per heavy atom. The van der Waals surface area contributed by atoms with E-state index in [1.807, 2.05) is 0 Å². The van der Waals surface area contributed by atoms with E-state index in [1.165, 1.54) is 0 Å². The molecule has 0 bridgehead atoms. The Kier molecular flexibility index (Phi) is 4.42. The maximum atomic E-state index is 4.66. The van der Waals surface area contributed by atoms with Crippen LogP contribution in [0, 0.1) is 5.92 Å². The summed E-state index contributed by atoms with van der Waals surface area (Å²) in [6.45, 7) is 9.62. The highest BCUT2D eigenvalue weighted by molar-refractivity contribution is 5.87. The third-order valence-corrected chi connectivity index (χ3v) is 3.73. The van der Waals surface area contributed by atoms with Crippen LogP contribution in [0.2, 0.25) is 0 Å². The zero-order valence-electron chi connectivity index (χ0n) is 12.9. The predicted octanol–water partition coefficient (Wildman–Crippen LogP) is 2.66. The van der Waals surface area contributed by atoms with Gasteiger partial charge in [-0.15, -0.1) is 0 Å². The fourth-order valence-electron chi connectivity index (χ4n) is 2.04. The van der Waals surface area contributed by atoms with Crippen LogP contribution < -0.4 is 10.2 Å². The molecule has 1 atom stereocenters. The number of aromatic amines is 1. The molecule has 2 heterocycles. The van der Waals surface area contributed by atoms with Crippen molar-refractivity contribution in [3.63, 3.8) is 0 Å². The molecule has 0 saturated heterocycles. The number of rotatable bonds is 6. The summed E-state index contributed by atoms with van der Waals surface area (Å²) in [7, 11) is 2.07. The quantitative estimate of drug-likeness (QED) is 0.849. The third kappa shape index (κ3) is 2.84. The highest BCUT2D eigenvalue weighted by atomic mass is 15.3. The van der Waals surface area contributed by atoms with Gasteiger partial charge in [-0.25, -0.2) is 0 Å². The minimum Gasteiger partial charge on any atom is -0.356 e. The Morgan fingerprint density at radius 2 is 2.05 bits per heavy atom. The fraction of sp³-hybridized carbons (Fsp3) is 0.643. The van der Waals surface area contributed by atoms with Crippen LogP contribution in [0.1, 0.15) is 34.1 Å². The summed E-state index contributed by atoms with van der Waals surface area (Å²) in [6, 6.07) is 0.391. The zero-order valence-corrected chi connectivity index (χ0v) is 12.9. The van der Waals surface area contributed by atoms with Crippen molar-refractivity contribution < 1.29 is 0 Å². The summed E-state index contributed by atoms with van der Waals surface area (Å²) in [5.74, 6) is 2.12. The highest BCUT2D eigenvalue weighted by Crippen LogP contribution is 2.26. The molecule has 0 fully saturated rings. The van der Waals surface area contributed by atoms with Crippen LogP contribution >= 0.6 is 0 Å². The number of nitrogens with zero attached hydrogens (tertiary/aromatic N) is 4. The summed E-state index contributed by atoms with van der Waals surface area (Å²) in [4.78, 5) is 11.3. The van der Waals surface area contributed by atoms with Gasteiger partial charge in [-0.1, -0.05) is 20.8 Å². The first kappa shape index (κ1) is 14.6. The van der Waals surface area contributed by atoms with Crippen LogP contribution in [0.15, 0.2) is 6.20 Å². The first-order chi connectivity index (χ1) is 9.54. The van der Waals surface area contributed by atoms with Gasteiger partial charge < -0.3 is 10.2 Å². The topological polar surface area (TPSA) is 69.7 Å². The number of anilines is 2. The lowest BCUT2D eigenvalue weighted by atomic mass is 10.1. The molecule has 0 aliphatic rings. The molecular weight excluding hydrogens is 252 g/mol. The van der Waals surface area contributed by atoms with Gasteiger partial charge in [0.2, 0.25) is 5.95 Å². The van der Waals surface area contributed by atoms with E-state index in [-0.39, 0.29) is 0 Å². The van der Waals surface area contributed by atoms with E-state index < -0.39 is 0 Å². The Morgan fingerprint density at radius 1 is 1.30 bits per heavy atom. The van der Waals surface area contributed by atoms with Crippen LogP contribution in [0.25, 0.3) is 11.0 Å². The van der Waals surface area contributed by atoms with Crippen molar-refractivity contribution in [1.82, 2.24) is 20.2 Å². The largest absolute Gasteiger partial charge is 0.356 e. The number of hydrogen-bond donors (Lipinski definition) is 2. The molecule has 0 aliphatic carbocycles. The second-order valence-electron chi connectivity index (χ2n) is 5.53. The van der Waals surface area contributed by atoms with Gasteiger partial charge in [-0.2, -0.15) is 15.1 Å². The molecule has 2 rings (SSSR count). The summed E-state index contributed by atoms with van der Waals surface area (Å²) in [5, 5.41) is 11.2. The van der Waals surface area contributed by atoms with Crippen LogP contribution in [0.3, 0.4) is 0 Å². The van der Waals surface area contributed by atoms with Gasteiger partial charge in [0.25, 0.3) is 0 Å². The minimum atomic E-state index is 0.391. The van der Waals surface area contributed by atoms with Gasteiger partial charge in [0.1, 0.15) is 5.82 Å². The molecule has 0 spiro atoms. The first-order valence-corrected chi connectivity index (χ1v) is 7.22. The second kappa shape index (κ2) is 6.07. The molecule has 0 aliphatic heterocycles. The normalized spacial score (nSPS) is 12.9. The Hall–Kier alpha value is -1.85. The molecule has 0 aromatic carbocycles. The van der Waals surface area contributed by atoms with E-state index in [2.05, 4.69) is 65.1 Å². The second-order valence-corrected chi connectivity index (χ2v) is 5.53. The van der Waals surface area contributed by atoms with Gasteiger partial charge in [0.05, 0.1) is 11.6 Å². The molecule has 0 saturated carbocycles. The van der Waals surface area contributed by atoms with E-state index in [1.54, 1.807) is 6.20 Å². The zero-order chi connectivity index (χ0) is 14.7. The molecule has 6 nitrogen and oxygen atoms in total. The van der Waals surface area contributed by atoms with Gasteiger partial charge in [-0.05, 0) is 19.3 Å². The smallest absolute Gasteiger partial charge is 0.226 e. The highest BCUT2D eigenvalue weighted by Gasteiger charge is 2.19. The monoisotopic (exact) mass is 276 g/mol. The summed E-state index contributed by atoms with van der Waals surface area (Å²) >= 11 is 0. The van der Waals surface area contributed by atoms with Gasteiger partial charge in [-0.3, -0.25) is 5.10 Å². The van der Waals surface area contributed by atoms with Crippen LogP contribution in [-0.4, -0.2) is 39.8 Å². The first-order valence-electron chi connectivity index (χ1n) is 7.22. The lowest BCUT2D eigenvalue weighted by molar-refractivity contribution is 0.503. The van der Waals surface area contributed by atoms with Crippen LogP contribution in [0.5, 0.6) is 0 Å². The summed E-state index contributed by atoms with van der Waals surface area (Å²) in [5.41, 5.74) is 0.774. The van der Waals surface area contributed by atoms with Crippen LogP contribution in [0.4, 0.5) is 11.8 Å². The molecule has 110 valence electrons. The molecule has 2 N–H and O–H groups in total. The number of fused-ring (bicyclic) bond motifs is 1. The number of nitrogens with one attached hydrogen (secondary N) is 2. The lowest BCUT2D eigenvalue weighted by Gasteiger charge is -2.29. The number of H-pyrrole nitrogens is 1. The molecule has 0 radical (unpaired) electrons. The lowest BCUT2D eigenvalue weighted by Crippen LogP contribution is -2.34. The maximum absolute atomic E-state index is 4.66. The molecule has 1 unspecified atom stereocenters. The molecule has 2 aromatic heterocycles. The average molecular weight is 276 g/mol. The van der Waals surface area contributed by atoms with Crippen molar-refractivity contribution in [2.75, 3.05) is 23.8 Å². The van der Waals surface area contributed by atoms with E-state index in [0.29, 0.717) is 17.9 Å². The van der Waals surface area contributed by atoms with Crippen molar-refractivity contribution in [1.29, 1.82) is 0 Å². The van der Waals surface area contributed by atoms with Crippen molar-refractivity contribution in [2.24, 2.45) is 5.92 Å². The Bertz CT molecular complexity index is 562. The molecule has 6 heteroatoms. The Labute approximate surface area is 120 Å². The molecular formula is C14H24N6. The third-order valence-electron chi connectivity index (χ3n) is 3.73. The molecule has 2 aromatic rings. The van der Waals surface area contributed by atoms with Gasteiger partial charge in [0, 0.05) is 19.6 Å². The maximum Gasteiger partial charge on any atom is 0.226 e. The SMILES string of the molecule is CCCNc1nc(N(C)C(C)C(C)C)c2cn[nH]c2n1. The van der Waals surface area contributed by atoms with Crippen molar-refractivity contribution in [2.45, 2.75) is 40.2 Å². The van der Waals surface area contributed by atoms with Crippen molar-refractivity contribution in [3.05, 3.63) is 6.20 Å². The number of aromatic nitrogens is 4. The fourth-order valence-corrected chi connectivity index (χ4v) is 2.04. The average Bonchev–Trinajstić information content (AvgIpc) is 2.90. The summed E-state index contributed by atoms with van der Waals surface area (Å²) < 4.78 is 0. The van der Waals surface area contributed by atoms with Crippen LogP contribution in [-0.2, 0) is 0 Å². The van der Waals surface area contributed by atoms with Gasteiger partial charge >= 0.3 is 0 Å². The van der Waals surface area contributed by atoms with E-state index >= 15 is 0 Å². The number of hydrogen-bond acceptors (Lipinski definition) is 5. The Balaban J connectivity index is 2.41. The minimum absolute atomic E-state index is 0.391. The van der Waals surface area contributed by atoms with E-state index in [9.17, 15) is 0 Å².